The predicted molar refractivity (Wildman–Crippen MR) is 166 cm³/mol. The standard InChI is InChI=1S/C32H27ClF4N6O5/c1-30(28(38)45)15-48-26-21(30)12-23(42-25(26)16-3-5-20(34)6-4-16)31(47,32(35,36)37)14-40-27(44)18-9-17-10-19(33)13-39-24(17)22(11-18)41-29(46)43-7-2-8-43/h3-6,9-13,47H,2,7-8,14-15H2,1H3,(H2,38,45)(H,40,44)(H,41,46)/t30-,31-/m0/s1. The van der Waals surface area contributed by atoms with Crippen molar-refractivity contribution in [2.75, 3.05) is 31.6 Å². The van der Waals surface area contributed by atoms with E-state index in [-0.39, 0.29) is 51.0 Å². The number of carbonyl (C=O) groups is 3. The Bertz CT molecular complexity index is 1970. The molecule has 4 heterocycles. The molecule has 0 saturated carbocycles. The third-order valence-corrected chi connectivity index (χ3v) is 8.74. The molecular weight excluding hydrogens is 660 g/mol. The van der Waals surface area contributed by atoms with Gasteiger partial charge in [-0.25, -0.2) is 14.2 Å². The zero-order valence-corrected chi connectivity index (χ0v) is 25.9. The molecule has 0 bridgehead atoms. The van der Waals surface area contributed by atoms with Crippen LogP contribution < -0.4 is 21.1 Å². The first-order chi connectivity index (χ1) is 22.6. The number of ether oxygens (including phenoxy) is 1. The number of halogens is 5. The summed E-state index contributed by atoms with van der Waals surface area (Å²) in [6, 6.07) is 9.07. The van der Waals surface area contributed by atoms with Crippen molar-refractivity contribution < 1.29 is 41.8 Å². The van der Waals surface area contributed by atoms with Crippen molar-refractivity contribution >= 4 is 46.0 Å². The van der Waals surface area contributed by atoms with Crippen LogP contribution in [0.5, 0.6) is 5.75 Å². The lowest BCUT2D eigenvalue weighted by molar-refractivity contribution is -0.265. The molecule has 4 amide bonds. The predicted octanol–water partition coefficient (Wildman–Crippen LogP) is 4.64. The number of fused-ring (bicyclic) bond motifs is 2. The number of likely N-dealkylation sites (tertiary alicyclic amines) is 1. The van der Waals surface area contributed by atoms with Crippen LogP contribution in [-0.2, 0) is 15.8 Å². The summed E-state index contributed by atoms with van der Waals surface area (Å²) in [4.78, 5) is 48.4. The third kappa shape index (κ3) is 5.72. The van der Waals surface area contributed by atoms with Gasteiger partial charge in [0.25, 0.3) is 5.91 Å². The van der Waals surface area contributed by atoms with Gasteiger partial charge in [0.1, 0.15) is 29.3 Å². The van der Waals surface area contributed by atoms with E-state index in [1.54, 1.807) is 0 Å². The van der Waals surface area contributed by atoms with Crippen molar-refractivity contribution in [2.24, 2.45) is 5.73 Å². The SMILES string of the molecule is C[C@]1(C(N)=O)COc2c1cc([C@@](O)(CNC(=O)c1cc(NC(=O)N3CCC3)c3ncc(Cl)cc3c1)C(F)(F)F)nc2-c1ccc(F)cc1. The smallest absolute Gasteiger partial charge is 0.424 e. The van der Waals surface area contributed by atoms with Crippen LogP contribution in [-0.4, -0.2) is 70.2 Å². The van der Waals surface area contributed by atoms with Crippen molar-refractivity contribution in [3.8, 4) is 17.0 Å². The Labute approximate surface area is 275 Å². The molecule has 0 radical (unpaired) electrons. The highest BCUT2D eigenvalue weighted by molar-refractivity contribution is 6.31. The van der Waals surface area contributed by atoms with Gasteiger partial charge >= 0.3 is 12.2 Å². The molecule has 48 heavy (non-hydrogen) atoms. The van der Waals surface area contributed by atoms with Gasteiger partial charge in [-0.3, -0.25) is 14.6 Å². The van der Waals surface area contributed by atoms with Gasteiger partial charge in [-0.2, -0.15) is 13.2 Å². The van der Waals surface area contributed by atoms with Gasteiger partial charge in [-0.05, 0) is 61.9 Å². The van der Waals surface area contributed by atoms with E-state index in [9.17, 15) is 37.1 Å². The maximum Gasteiger partial charge on any atom is 0.424 e. The molecule has 2 aromatic heterocycles. The normalized spacial score (nSPS) is 18.4. The van der Waals surface area contributed by atoms with Crippen LogP contribution in [0.25, 0.3) is 22.2 Å². The summed E-state index contributed by atoms with van der Waals surface area (Å²) in [5.74, 6) is -2.63. The number of pyridine rings is 2. The highest BCUT2D eigenvalue weighted by Gasteiger charge is 2.57. The minimum Gasteiger partial charge on any atom is -0.489 e. The van der Waals surface area contributed by atoms with E-state index in [2.05, 4.69) is 20.6 Å². The van der Waals surface area contributed by atoms with Gasteiger partial charge in [0.15, 0.2) is 0 Å². The minimum atomic E-state index is -5.42. The van der Waals surface area contributed by atoms with E-state index in [1.165, 1.54) is 48.4 Å². The molecule has 6 rings (SSSR count). The quantitative estimate of drug-likeness (QED) is 0.206. The lowest BCUT2D eigenvalue weighted by Crippen LogP contribution is -2.51. The lowest BCUT2D eigenvalue weighted by Gasteiger charge is -2.31. The number of benzene rings is 2. The van der Waals surface area contributed by atoms with Crippen LogP contribution >= 0.6 is 11.6 Å². The zero-order chi connectivity index (χ0) is 34.6. The summed E-state index contributed by atoms with van der Waals surface area (Å²) in [5.41, 5.74) is -0.677. The number of hydrogen-bond acceptors (Lipinski definition) is 7. The Morgan fingerprint density at radius 3 is 2.46 bits per heavy atom. The number of nitrogens with zero attached hydrogens (tertiary/aromatic N) is 3. The maximum absolute atomic E-state index is 14.8. The van der Waals surface area contributed by atoms with Crippen LogP contribution in [0.2, 0.25) is 5.02 Å². The van der Waals surface area contributed by atoms with Crippen LogP contribution in [0.15, 0.2) is 54.7 Å². The van der Waals surface area contributed by atoms with E-state index >= 15 is 0 Å². The van der Waals surface area contributed by atoms with Gasteiger partial charge in [-0.1, -0.05) is 11.6 Å². The first-order valence-corrected chi connectivity index (χ1v) is 15.0. The number of primary amides is 1. The summed E-state index contributed by atoms with van der Waals surface area (Å²) in [6.45, 7) is 0.690. The lowest BCUT2D eigenvalue weighted by atomic mass is 9.81. The molecule has 2 aromatic carbocycles. The van der Waals surface area contributed by atoms with Crippen LogP contribution in [0.4, 0.5) is 28.0 Å². The molecule has 0 spiro atoms. The van der Waals surface area contributed by atoms with E-state index < -0.39 is 53.1 Å². The van der Waals surface area contributed by atoms with E-state index in [4.69, 9.17) is 22.1 Å². The maximum atomic E-state index is 14.8. The largest absolute Gasteiger partial charge is 0.489 e. The van der Waals surface area contributed by atoms with E-state index in [0.717, 1.165) is 24.6 Å². The number of hydrogen-bond donors (Lipinski definition) is 4. The number of nitrogens with one attached hydrogen (secondary N) is 2. The Hall–Kier alpha value is -5.02. The second-order valence-corrected chi connectivity index (χ2v) is 12.2. The van der Waals surface area contributed by atoms with Crippen LogP contribution in [0.3, 0.4) is 0 Å². The summed E-state index contributed by atoms with van der Waals surface area (Å²) >= 11 is 6.09. The molecule has 2 aliphatic heterocycles. The Morgan fingerprint density at radius 1 is 1.12 bits per heavy atom. The van der Waals surface area contributed by atoms with Crippen LogP contribution in [0.1, 0.15) is 35.0 Å². The van der Waals surface area contributed by atoms with Gasteiger partial charge in [-0.15, -0.1) is 0 Å². The summed E-state index contributed by atoms with van der Waals surface area (Å²) < 4.78 is 63.8. The van der Waals surface area contributed by atoms with Crippen molar-refractivity contribution in [1.82, 2.24) is 20.2 Å². The Morgan fingerprint density at radius 2 is 1.83 bits per heavy atom. The number of aromatic nitrogens is 2. The first-order valence-electron chi connectivity index (χ1n) is 14.6. The van der Waals surface area contributed by atoms with Crippen molar-refractivity contribution in [3.05, 3.63) is 82.4 Å². The molecule has 250 valence electrons. The summed E-state index contributed by atoms with van der Waals surface area (Å²) in [5, 5.41) is 16.7. The Balaban J connectivity index is 1.39. The molecular formula is C32H27ClF4N6O5. The number of amides is 4. The Kier molecular flexibility index (Phi) is 8.15. The van der Waals surface area contributed by atoms with Crippen LogP contribution in [0, 0.1) is 5.82 Å². The van der Waals surface area contributed by atoms with Gasteiger partial charge in [0.05, 0.1) is 28.5 Å². The zero-order valence-electron chi connectivity index (χ0n) is 25.1. The summed E-state index contributed by atoms with van der Waals surface area (Å²) in [6.07, 6.45) is -3.25. The third-order valence-electron chi connectivity index (χ3n) is 8.53. The number of alkyl halides is 3. The molecule has 0 unspecified atom stereocenters. The van der Waals surface area contributed by atoms with Gasteiger partial charge in [0, 0.05) is 41.4 Å². The molecule has 16 heteroatoms. The molecule has 2 atom stereocenters. The monoisotopic (exact) mass is 686 g/mol. The van der Waals surface area contributed by atoms with Gasteiger partial charge in [0.2, 0.25) is 11.5 Å². The van der Waals surface area contributed by atoms with Crippen molar-refractivity contribution in [1.29, 1.82) is 0 Å². The number of urea groups is 1. The van der Waals surface area contributed by atoms with E-state index in [1.807, 2.05) is 0 Å². The first kappa shape index (κ1) is 32.9. The average Bonchev–Trinajstić information content (AvgIpc) is 3.35. The minimum absolute atomic E-state index is 0.0588. The molecule has 2 aliphatic rings. The second kappa shape index (κ2) is 11.9. The fourth-order valence-electron chi connectivity index (χ4n) is 5.41. The molecule has 5 N–H and O–H groups in total. The average molecular weight is 687 g/mol. The van der Waals surface area contributed by atoms with Crippen molar-refractivity contribution in [3.63, 3.8) is 0 Å². The topological polar surface area (TPSA) is 160 Å². The highest BCUT2D eigenvalue weighted by Crippen LogP contribution is 2.47. The molecule has 1 fully saturated rings. The molecule has 1 saturated heterocycles. The number of aliphatic hydroxyl groups is 1. The molecule has 4 aromatic rings. The fraction of sp³-hybridized carbons (Fsp3) is 0.281. The number of anilines is 1. The molecule has 0 aliphatic carbocycles. The second-order valence-electron chi connectivity index (χ2n) is 11.8. The fourth-order valence-corrected chi connectivity index (χ4v) is 5.58. The van der Waals surface area contributed by atoms with Gasteiger partial charge < -0.3 is 31.1 Å². The van der Waals surface area contributed by atoms with Crippen molar-refractivity contribution in [2.45, 2.75) is 30.5 Å². The summed E-state index contributed by atoms with van der Waals surface area (Å²) in [7, 11) is 0. The number of rotatable bonds is 7. The number of nitrogens with two attached hydrogens (primary N) is 1. The molecule has 11 nitrogen and oxygen atoms in total. The number of carbonyl (C=O) groups excluding carboxylic acids is 3. The highest BCUT2D eigenvalue weighted by atomic mass is 35.5. The van der Waals surface area contributed by atoms with E-state index in [0.29, 0.717) is 18.5 Å².